The highest BCUT2D eigenvalue weighted by Crippen LogP contribution is 2.26. The van der Waals surface area contributed by atoms with E-state index >= 15 is 0 Å². The van der Waals surface area contributed by atoms with Crippen LogP contribution in [-0.4, -0.2) is 37.9 Å². The van der Waals surface area contributed by atoms with E-state index in [2.05, 4.69) is 31.1 Å². The third kappa shape index (κ3) is 6.93. The highest BCUT2D eigenvalue weighted by Gasteiger charge is 2.23. The van der Waals surface area contributed by atoms with Gasteiger partial charge in [0.15, 0.2) is 0 Å². The first kappa shape index (κ1) is 21.8. The fraction of sp³-hybridized carbons (Fsp3) is 0.500. The summed E-state index contributed by atoms with van der Waals surface area (Å²) in [5.74, 6) is 2.26. The Bertz CT molecular complexity index is 761. The molecule has 0 heterocycles. The van der Waals surface area contributed by atoms with E-state index in [1.165, 1.54) is 4.90 Å². The Kier molecular flexibility index (Phi) is 6.67. The Morgan fingerprint density at radius 2 is 1.81 bits per heavy atom. The normalized spacial score (nSPS) is 11.4. The summed E-state index contributed by atoms with van der Waals surface area (Å²) in [7, 11) is 0.0286. The van der Waals surface area contributed by atoms with Crippen LogP contribution < -0.4 is 4.90 Å². The van der Waals surface area contributed by atoms with Crippen LogP contribution in [0.5, 0.6) is 0 Å². The summed E-state index contributed by atoms with van der Waals surface area (Å²) >= 11 is 0. The van der Waals surface area contributed by atoms with Crippen molar-refractivity contribution in [1.82, 2.24) is 0 Å². The fourth-order valence-electron chi connectivity index (χ4n) is 2.20. The SMILES string of the molecule is Cc1c(C#C[Si](C)(C)C)cc(CC(=O)O)cc1N(C)C(=O)OC(C)(C)C. The van der Waals surface area contributed by atoms with E-state index in [1.54, 1.807) is 40.0 Å². The number of ether oxygens (including phenoxy) is 1. The van der Waals surface area contributed by atoms with Gasteiger partial charge in [0.2, 0.25) is 0 Å². The molecule has 1 N–H and O–H groups in total. The first-order valence-electron chi connectivity index (χ1n) is 8.55. The predicted molar refractivity (Wildman–Crippen MR) is 107 cm³/mol. The maximum atomic E-state index is 12.4. The van der Waals surface area contributed by atoms with Gasteiger partial charge < -0.3 is 9.84 Å². The van der Waals surface area contributed by atoms with Crippen LogP contribution in [0, 0.1) is 18.4 Å². The molecule has 0 saturated carbocycles. The lowest BCUT2D eigenvalue weighted by atomic mass is 10.0. The van der Waals surface area contributed by atoms with Crippen LogP contribution in [0.25, 0.3) is 0 Å². The molecule has 0 bridgehead atoms. The maximum absolute atomic E-state index is 12.4. The van der Waals surface area contributed by atoms with Gasteiger partial charge in [-0.25, -0.2) is 4.79 Å². The molecule has 0 aliphatic heterocycles. The number of hydrogen-bond acceptors (Lipinski definition) is 3. The number of nitrogens with zero attached hydrogens (tertiary/aromatic N) is 1. The molecule has 1 aromatic rings. The molecule has 0 unspecified atom stereocenters. The zero-order chi connectivity index (χ0) is 20.3. The number of carbonyl (C=O) groups excluding carboxylic acids is 1. The minimum absolute atomic E-state index is 0.128. The molecule has 1 amide bonds. The molecule has 0 saturated heterocycles. The predicted octanol–water partition coefficient (Wildman–Crippen LogP) is 4.22. The molecule has 0 aromatic heterocycles. The molecule has 0 spiro atoms. The molecule has 0 radical (unpaired) electrons. The van der Waals surface area contributed by atoms with Crippen molar-refractivity contribution in [2.45, 2.75) is 59.4 Å². The molecule has 0 atom stereocenters. The van der Waals surface area contributed by atoms with E-state index < -0.39 is 25.7 Å². The lowest BCUT2D eigenvalue weighted by Crippen LogP contribution is -2.34. The minimum Gasteiger partial charge on any atom is -0.481 e. The first-order chi connectivity index (χ1) is 11.7. The Labute approximate surface area is 157 Å². The number of carboxylic acid groups (broad SMARTS) is 1. The second kappa shape index (κ2) is 7.96. The Hall–Kier alpha value is -2.26. The van der Waals surface area contributed by atoms with Gasteiger partial charge in [-0.2, -0.15) is 0 Å². The summed E-state index contributed by atoms with van der Waals surface area (Å²) < 4.78 is 5.43. The van der Waals surface area contributed by atoms with Gasteiger partial charge in [0.05, 0.1) is 12.1 Å². The number of carboxylic acids is 1. The number of amides is 1. The Balaban J connectivity index is 3.42. The molecule has 142 valence electrons. The van der Waals surface area contributed by atoms with Gasteiger partial charge in [-0.05, 0) is 51.0 Å². The number of rotatable bonds is 3. The van der Waals surface area contributed by atoms with Crippen LogP contribution in [0.15, 0.2) is 12.1 Å². The van der Waals surface area contributed by atoms with Gasteiger partial charge in [-0.3, -0.25) is 9.69 Å². The van der Waals surface area contributed by atoms with Crippen molar-refractivity contribution >= 4 is 25.8 Å². The van der Waals surface area contributed by atoms with E-state index in [9.17, 15) is 9.59 Å². The van der Waals surface area contributed by atoms with Crippen molar-refractivity contribution in [3.63, 3.8) is 0 Å². The number of hydrogen-bond donors (Lipinski definition) is 1. The average molecular weight is 376 g/mol. The second-order valence-corrected chi connectivity index (χ2v) is 13.1. The van der Waals surface area contributed by atoms with Gasteiger partial charge in [-0.15, -0.1) is 5.54 Å². The van der Waals surface area contributed by atoms with E-state index in [0.717, 1.165) is 11.1 Å². The molecule has 0 aliphatic rings. The standard InChI is InChI=1S/C20H29NO4Si/c1-14-16(9-10-26(6,7)8)11-15(13-18(22)23)12-17(14)21(5)19(24)25-20(2,3)4/h11-12H,13H2,1-8H3,(H,22,23). The second-order valence-electron chi connectivity index (χ2n) is 8.40. The van der Waals surface area contributed by atoms with Crippen molar-refractivity contribution < 1.29 is 19.4 Å². The van der Waals surface area contributed by atoms with Crippen LogP contribution in [0.1, 0.15) is 37.5 Å². The monoisotopic (exact) mass is 375 g/mol. The lowest BCUT2D eigenvalue weighted by Gasteiger charge is -2.26. The number of aliphatic carboxylic acids is 1. The Morgan fingerprint density at radius 1 is 1.23 bits per heavy atom. The maximum Gasteiger partial charge on any atom is 0.414 e. The van der Waals surface area contributed by atoms with Gasteiger partial charge in [0.1, 0.15) is 13.7 Å². The third-order valence-electron chi connectivity index (χ3n) is 3.40. The smallest absolute Gasteiger partial charge is 0.414 e. The van der Waals surface area contributed by atoms with Crippen LogP contribution in [-0.2, 0) is 16.0 Å². The third-order valence-corrected chi connectivity index (χ3v) is 4.27. The molecule has 26 heavy (non-hydrogen) atoms. The van der Waals surface area contributed by atoms with Crippen LogP contribution in [0.3, 0.4) is 0 Å². The summed E-state index contributed by atoms with van der Waals surface area (Å²) in [6.45, 7) is 13.7. The van der Waals surface area contributed by atoms with Gasteiger partial charge in [-0.1, -0.05) is 25.6 Å². The van der Waals surface area contributed by atoms with Gasteiger partial charge in [0.25, 0.3) is 0 Å². The summed E-state index contributed by atoms with van der Waals surface area (Å²) in [6.07, 6.45) is -0.617. The van der Waals surface area contributed by atoms with E-state index in [4.69, 9.17) is 9.84 Å². The van der Waals surface area contributed by atoms with Gasteiger partial charge in [0, 0.05) is 12.6 Å². The van der Waals surface area contributed by atoms with Crippen LogP contribution in [0.2, 0.25) is 19.6 Å². The van der Waals surface area contributed by atoms with Crippen molar-refractivity contribution in [3.05, 3.63) is 28.8 Å². The van der Waals surface area contributed by atoms with Crippen LogP contribution >= 0.6 is 0 Å². The largest absolute Gasteiger partial charge is 0.481 e. The van der Waals surface area contributed by atoms with E-state index in [1.807, 2.05) is 6.92 Å². The topological polar surface area (TPSA) is 66.8 Å². The fourth-order valence-corrected chi connectivity index (χ4v) is 2.71. The van der Waals surface area contributed by atoms with Crippen molar-refractivity contribution in [3.8, 4) is 11.5 Å². The molecule has 6 heteroatoms. The van der Waals surface area contributed by atoms with Crippen LogP contribution in [0.4, 0.5) is 10.5 Å². The zero-order valence-corrected chi connectivity index (χ0v) is 18.0. The molecule has 5 nitrogen and oxygen atoms in total. The number of carbonyl (C=O) groups is 2. The molecule has 0 aliphatic carbocycles. The molecule has 1 aromatic carbocycles. The van der Waals surface area contributed by atoms with E-state index in [0.29, 0.717) is 11.3 Å². The molecular formula is C20H29NO4Si. The lowest BCUT2D eigenvalue weighted by molar-refractivity contribution is -0.136. The quantitative estimate of drug-likeness (QED) is 0.634. The first-order valence-corrected chi connectivity index (χ1v) is 12.0. The molecular weight excluding hydrogens is 346 g/mol. The highest BCUT2D eigenvalue weighted by molar-refractivity contribution is 6.83. The summed E-state index contributed by atoms with van der Waals surface area (Å²) in [5.41, 5.74) is 5.48. The minimum atomic E-state index is -1.59. The average Bonchev–Trinajstić information content (AvgIpc) is 2.43. The highest BCUT2D eigenvalue weighted by atomic mass is 28.3. The van der Waals surface area contributed by atoms with Crippen molar-refractivity contribution in [1.29, 1.82) is 0 Å². The molecule has 0 fully saturated rings. The number of anilines is 1. The summed E-state index contributed by atoms with van der Waals surface area (Å²) in [5, 5.41) is 9.14. The van der Waals surface area contributed by atoms with Gasteiger partial charge >= 0.3 is 12.1 Å². The summed E-state index contributed by atoms with van der Waals surface area (Å²) in [4.78, 5) is 25.0. The van der Waals surface area contributed by atoms with Crippen molar-refractivity contribution in [2.75, 3.05) is 11.9 Å². The number of benzene rings is 1. The van der Waals surface area contributed by atoms with E-state index in [-0.39, 0.29) is 6.42 Å². The molecule has 1 rings (SSSR count). The zero-order valence-electron chi connectivity index (χ0n) is 17.0. The van der Waals surface area contributed by atoms with Crippen molar-refractivity contribution in [2.24, 2.45) is 0 Å². The Morgan fingerprint density at radius 3 is 2.27 bits per heavy atom. The summed E-state index contributed by atoms with van der Waals surface area (Å²) in [6, 6.07) is 3.51.